The summed E-state index contributed by atoms with van der Waals surface area (Å²) in [7, 11) is 4.13. The Morgan fingerprint density at radius 2 is 1.52 bits per heavy atom. The molecule has 4 heteroatoms. The Hall–Kier alpha value is -3.37. The van der Waals surface area contributed by atoms with E-state index in [2.05, 4.69) is 31.1 Å². The SMILES string of the molecule is CN(C)CCCOc1ccccc1CN(CCc1ccccc1)C(=O)/C=C/c1ccccc1. The molecule has 0 spiro atoms. The van der Waals surface area contributed by atoms with Gasteiger partial charge in [0, 0.05) is 31.3 Å². The van der Waals surface area contributed by atoms with E-state index in [4.69, 9.17) is 4.74 Å². The number of carbonyl (C=O) groups is 1. The standard InChI is InChI=1S/C29H34N2O2/c1-30(2)21-11-23-33-28-17-10-9-16-27(28)24-31(22-20-26-14-7-4-8-15-26)29(32)19-18-25-12-5-3-6-13-25/h3-10,12-19H,11,20-24H2,1-2H3/b19-18+. The van der Waals surface area contributed by atoms with Crippen molar-refractivity contribution < 1.29 is 9.53 Å². The van der Waals surface area contributed by atoms with E-state index in [1.54, 1.807) is 6.08 Å². The topological polar surface area (TPSA) is 32.8 Å². The minimum atomic E-state index is -0.00260. The summed E-state index contributed by atoms with van der Waals surface area (Å²) in [6, 6.07) is 28.2. The lowest BCUT2D eigenvalue weighted by molar-refractivity contribution is -0.126. The summed E-state index contributed by atoms with van der Waals surface area (Å²) >= 11 is 0. The van der Waals surface area contributed by atoms with Gasteiger partial charge in [-0.1, -0.05) is 78.9 Å². The zero-order valence-corrected chi connectivity index (χ0v) is 19.7. The third-order valence-electron chi connectivity index (χ3n) is 5.38. The van der Waals surface area contributed by atoms with Crippen LogP contribution < -0.4 is 4.74 Å². The predicted octanol–water partition coefficient (Wildman–Crippen LogP) is 5.30. The van der Waals surface area contributed by atoms with Gasteiger partial charge >= 0.3 is 0 Å². The van der Waals surface area contributed by atoms with Gasteiger partial charge in [-0.15, -0.1) is 0 Å². The summed E-state index contributed by atoms with van der Waals surface area (Å²) in [4.78, 5) is 17.2. The van der Waals surface area contributed by atoms with Gasteiger partial charge in [0.05, 0.1) is 6.61 Å². The molecule has 172 valence electrons. The number of benzene rings is 3. The Morgan fingerprint density at radius 1 is 0.848 bits per heavy atom. The van der Waals surface area contributed by atoms with Crippen LogP contribution in [0.25, 0.3) is 6.08 Å². The number of amides is 1. The molecule has 0 radical (unpaired) electrons. The molecule has 33 heavy (non-hydrogen) atoms. The summed E-state index contributed by atoms with van der Waals surface area (Å²) in [5.74, 6) is 0.845. The highest BCUT2D eigenvalue weighted by Crippen LogP contribution is 2.21. The molecule has 3 rings (SSSR count). The Morgan fingerprint density at radius 3 is 2.24 bits per heavy atom. The smallest absolute Gasteiger partial charge is 0.246 e. The predicted molar refractivity (Wildman–Crippen MR) is 136 cm³/mol. The second-order valence-electron chi connectivity index (χ2n) is 8.35. The first kappa shape index (κ1) is 24.3. The van der Waals surface area contributed by atoms with Gasteiger partial charge in [-0.3, -0.25) is 4.79 Å². The summed E-state index contributed by atoms with van der Waals surface area (Å²) in [5, 5.41) is 0. The van der Waals surface area contributed by atoms with Crippen molar-refractivity contribution in [3.63, 3.8) is 0 Å². The number of rotatable bonds is 12. The Balaban J connectivity index is 1.72. The summed E-state index contributed by atoms with van der Waals surface area (Å²) < 4.78 is 6.08. The fourth-order valence-electron chi connectivity index (χ4n) is 3.56. The largest absolute Gasteiger partial charge is 0.493 e. The van der Waals surface area contributed by atoms with E-state index >= 15 is 0 Å². The molecule has 1 amide bonds. The van der Waals surface area contributed by atoms with E-state index in [0.717, 1.165) is 36.3 Å². The lowest BCUT2D eigenvalue weighted by Crippen LogP contribution is -2.31. The highest BCUT2D eigenvalue weighted by atomic mass is 16.5. The van der Waals surface area contributed by atoms with Crippen LogP contribution >= 0.6 is 0 Å². The first-order chi connectivity index (χ1) is 16.1. The second kappa shape index (κ2) is 13.2. The van der Waals surface area contributed by atoms with Crippen molar-refractivity contribution in [2.75, 3.05) is 33.8 Å². The van der Waals surface area contributed by atoms with Crippen molar-refractivity contribution in [1.82, 2.24) is 9.80 Å². The van der Waals surface area contributed by atoms with Crippen molar-refractivity contribution >= 4 is 12.0 Å². The highest BCUT2D eigenvalue weighted by molar-refractivity contribution is 5.91. The van der Waals surface area contributed by atoms with Gasteiger partial charge in [0.25, 0.3) is 0 Å². The maximum absolute atomic E-state index is 13.2. The van der Waals surface area contributed by atoms with Crippen LogP contribution in [0.4, 0.5) is 0 Å². The van der Waals surface area contributed by atoms with E-state index in [0.29, 0.717) is 19.7 Å². The van der Waals surface area contributed by atoms with Gasteiger partial charge in [-0.2, -0.15) is 0 Å². The monoisotopic (exact) mass is 442 g/mol. The third kappa shape index (κ3) is 8.59. The maximum atomic E-state index is 13.2. The van der Waals surface area contributed by atoms with Crippen molar-refractivity contribution in [3.05, 3.63) is 108 Å². The van der Waals surface area contributed by atoms with Crippen LogP contribution in [0.3, 0.4) is 0 Å². The number of ether oxygens (including phenoxy) is 1. The fraction of sp³-hybridized carbons (Fsp3) is 0.276. The fourth-order valence-corrected chi connectivity index (χ4v) is 3.56. The number of hydrogen-bond donors (Lipinski definition) is 0. The molecule has 0 aliphatic heterocycles. The molecule has 0 heterocycles. The molecule has 0 bridgehead atoms. The van der Waals surface area contributed by atoms with Gasteiger partial charge in [-0.05, 0) is 50.2 Å². The zero-order chi connectivity index (χ0) is 23.3. The van der Waals surface area contributed by atoms with Crippen LogP contribution in [-0.4, -0.2) is 49.5 Å². The zero-order valence-electron chi connectivity index (χ0n) is 19.7. The van der Waals surface area contributed by atoms with Crippen molar-refractivity contribution in [2.45, 2.75) is 19.4 Å². The first-order valence-electron chi connectivity index (χ1n) is 11.5. The van der Waals surface area contributed by atoms with E-state index in [9.17, 15) is 4.79 Å². The maximum Gasteiger partial charge on any atom is 0.246 e. The lowest BCUT2D eigenvalue weighted by Gasteiger charge is -2.23. The van der Waals surface area contributed by atoms with Crippen LogP contribution in [0.15, 0.2) is 91.0 Å². The van der Waals surface area contributed by atoms with Crippen LogP contribution in [0.2, 0.25) is 0 Å². The molecule has 0 aliphatic rings. The molecular formula is C29H34N2O2. The van der Waals surface area contributed by atoms with Gasteiger partial charge in [0.2, 0.25) is 5.91 Å². The molecule has 3 aromatic rings. The summed E-state index contributed by atoms with van der Waals surface area (Å²) in [6.45, 7) is 2.78. The molecule has 0 saturated carbocycles. The van der Waals surface area contributed by atoms with E-state index in [1.807, 2.05) is 83.8 Å². The molecule has 0 fully saturated rings. The highest BCUT2D eigenvalue weighted by Gasteiger charge is 2.14. The molecule has 3 aromatic carbocycles. The van der Waals surface area contributed by atoms with Gasteiger partial charge in [0.15, 0.2) is 0 Å². The molecule has 0 saturated heterocycles. The van der Waals surface area contributed by atoms with Crippen LogP contribution in [0.1, 0.15) is 23.1 Å². The molecule has 0 aliphatic carbocycles. The Labute approximate surface area is 198 Å². The number of para-hydroxylation sites is 1. The van der Waals surface area contributed by atoms with Crippen molar-refractivity contribution in [2.24, 2.45) is 0 Å². The van der Waals surface area contributed by atoms with E-state index < -0.39 is 0 Å². The number of carbonyl (C=O) groups excluding carboxylic acids is 1. The molecule has 0 atom stereocenters. The van der Waals surface area contributed by atoms with Gasteiger partial charge in [0.1, 0.15) is 5.75 Å². The molecular weight excluding hydrogens is 408 g/mol. The molecule has 0 N–H and O–H groups in total. The lowest BCUT2D eigenvalue weighted by atomic mass is 10.1. The first-order valence-corrected chi connectivity index (χ1v) is 11.5. The van der Waals surface area contributed by atoms with Gasteiger partial charge in [-0.25, -0.2) is 0 Å². The number of nitrogens with zero attached hydrogens (tertiary/aromatic N) is 2. The average Bonchev–Trinajstić information content (AvgIpc) is 2.85. The molecule has 0 aromatic heterocycles. The normalized spacial score (nSPS) is 11.1. The van der Waals surface area contributed by atoms with Gasteiger partial charge < -0.3 is 14.5 Å². The van der Waals surface area contributed by atoms with Crippen molar-refractivity contribution in [3.8, 4) is 5.75 Å². The third-order valence-corrected chi connectivity index (χ3v) is 5.38. The van der Waals surface area contributed by atoms with Crippen LogP contribution in [0.5, 0.6) is 5.75 Å². The van der Waals surface area contributed by atoms with Crippen molar-refractivity contribution in [1.29, 1.82) is 0 Å². The minimum absolute atomic E-state index is 0.00260. The summed E-state index contributed by atoms with van der Waals surface area (Å²) in [5.41, 5.74) is 3.26. The summed E-state index contributed by atoms with van der Waals surface area (Å²) in [6.07, 6.45) is 5.30. The van der Waals surface area contributed by atoms with E-state index in [-0.39, 0.29) is 5.91 Å². The Bertz CT molecular complexity index is 1000. The van der Waals surface area contributed by atoms with Crippen LogP contribution in [0, 0.1) is 0 Å². The minimum Gasteiger partial charge on any atom is -0.493 e. The second-order valence-corrected chi connectivity index (χ2v) is 8.35. The average molecular weight is 443 g/mol. The van der Waals surface area contributed by atoms with E-state index in [1.165, 1.54) is 5.56 Å². The Kier molecular flexibility index (Phi) is 9.74. The van der Waals surface area contributed by atoms with Crippen LogP contribution in [-0.2, 0) is 17.8 Å². The number of hydrogen-bond acceptors (Lipinski definition) is 3. The quantitative estimate of drug-likeness (QED) is 0.282. The molecule has 0 unspecified atom stereocenters. The molecule has 4 nitrogen and oxygen atoms in total.